The smallest absolute Gasteiger partial charge is 0.226 e. The van der Waals surface area contributed by atoms with Crippen LogP contribution >= 0.6 is 23.8 Å². The molecule has 98 valence electrons. The number of nitrogens with one attached hydrogen (secondary N) is 2. The molecule has 1 rings (SSSR count). The van der Waals surface area contributed by atoms with Gasteiger partial charge in [0.1, 0.15) is 0 Å². The highest BCUT2D eigenvalue weighted by atomic mass is 35.5. The lowest BCUT2D eigenvalue weighted by atomic mass is 10.2. The van der Waals surface area contributed by atoms with Gasteiger partial charge in [-0.2, -0.15) is 0 Å². The predicted molar refractivity (Wildman–Crippen MR) is 80.1 cm³/mol. The van der Waals surface area contributed by atoms with Crippen molar-refractivity contribution >= 4 is 40.5 Å². The average Bonchev–Trinajstić information content (AvgIpc) is 2.30. The van der Waals surface area contributed by atoms with E-state index in [1.54, 1.807) is 6.07 Å². The first-order valence-electron chi connectivity index (χ1n) is 5.90. The fourth-order valence-electron chi connectivity index (χ4n) is 1.45. The van der Waals surface area contributed by atoms with Crippen LogP contribution < -0.4 is 10.6 Å². The van der Waals surface area contributed by atoms with E-state index in [-0.39, 0.29) is 5.91 Å². The van der Waals surface area contributed by atoms with Crippen LogP contribution in [0.3, 0.4) is 0 Å². The maximum absolute atomic E-state index is 11.5. The van der Waals surface area contributed by atoms with Crippen molar-refractivity contribution in [2.75, 3.05) is 5.32 Å². The molecule has 3 nitrogen and oxygen atoms in total. The van der Waals surface area contributed by atoms with Gasteiger partial charge < -0.3 is 10.6 Å². The Morgan fingerprint density at radius 3 is 2.78 bits per heavy atom. The van der Waals surface area contributed by atoms with Gasteiger partial charge in [0, 0.05) is 17.1 Å². The molecule has 0 fully saturated rings. The quantitative estimate of drug-likeness (QED) is 0.829. The van der Waals surface area contributed by atoms with Crippen molar-refractivity contribution in [3.05, 3.63) is 28.8 Å². The van der Waals surface area contributed by atoms with Gasteiger partial charge in [-0.15, -0.1) is 0 Å². The van der Waals surface area contributed by atoms with E-state index in [2.05, 4.69) is 10.6 Å². The zero-order chi connectivity index (χ0) is 13.5. The highest BCUT2D eigenvalue weighted by Crippen LogP contribution is 2.19. The van der Waals surface area contributed by atoms with Crippen molar-refractivity contribution in [1.29, 1.82) is 0 Å². The normalized spacial score (nSPS) is 9.94. The van der Waals surface area contributed by atoms with E-state index in [0.29, 0.717) is 16.6 Å². The van der Waals surface area contributed by atoms with Crippen molar-refractivity contribution in [2.45, 2.75) is 33.1 Å². The molecule has 5 heteroatoms. The van der Waals surface area contributed by atoms with E-state index in [0.717, 1.165) is 24.1 Å². The summed E-state index contributed by atoms with van der Waals surface area (Å²) in [4.78, 5) is 11.5. The molecule has 0 spiro atoms. The SMILES string of the molecule is CCCCC(=O)NC(=S)Nc1ccc(Cl)cc1C. The molecule has 2 N–H and O–H groups in total. The van der Waals surface area contributed by atoms with E-state index < -0.39 is 0 Å². The summed E-state index contributed by atoms with van der Waals surface area (Å²) in [7, 11) is 0. The standard InChI is InChI=1S/C13H17ClN2OS/c1-3-4-5-12(17)16-13(18)15-11-7-6-10(14)8-9(11)2/h6-8H,3-5H2,1-2H3,(H2,15,16,17,18). The Hall–Kier alpha value is -1.13. The lowest BCUT2D eigenvalue weighted by Gasteiger charge is -2.11. The number of halogens is 1. The predicted octanol–water partition coefficient (Wildman–Crippen LogP) is 3.65. The van der Waals surface area contributed by atoms with Gasteiger partial charge in [0.25, 0.3) is 0 Å². The topological polar surface area (TPSA) is 41.1 Å². The number of hydrogen-bond acceptors (Lipinski definition) is 2. The second kappa shape index (κ2) is 7.34. The molecule has 1 aromatic rings. The van der Waals surface area contributed by atoms with Gasteiger partial charge in [-0.05, 0) is 49.3 Å². The van der Waals surface area contributed by atoms with Crippen LogP contribution in [0.2, 0.25) is 5.02 Å². The van der Waals surface area contributed by atoms with Crippen molar-refractivity contribution in [3.63, 3.8) is 0 Å². The van der Waals surface area contributed by atoms with Gasteiger partial charge in [0.2, 0.25) is 5.91 Å². The minimum Gasteiger partial charge on any atom is -0.332 e. The number of thiocarbonyl (C=S) groups is 1. The first kappa shape index (κ1) is 14.9. The van der Waals surface area contributed by atoms with E-state index >= 15 is 0 Å². The summed E-state index contributed by atoms with van der Waals surface area (Å²) in [6.45, 7) is 3.97. The fourth-order valence-corrected chi connectivity index (χ4v) is 1.90. The van der Waals surface area contributed by atoms with E-state index in [9.17, 15) is 4.79 Å². The molecule has 0 aliphatic rings. The van der Waals surface area contributed by atoms with Gasteiger partial charge in [-0.25, -0.2) is 0 Å². The summed E-state index contributed by atoms with van der Waals surface area (Å²) >= 11 is 10.9. The van der Waals surface area contributed by atoms with E-state index in [1.807, 2.05) is 26.0 Å². The van der Waals surface area contributed by atoms with Crippen LogP contribution in [-0.4, -0.2) is 11.0 Å². The maximum Gasteiger partial charge on any atom is 0.226 e. The van der Waals surface area contributed by atoms with Gasteiger partial charge in [-0.3, -0.25) is 4.79 Å². The second-order valence-corrected chi connectivity index (χ2v) is 4.91. The summed E-state index contributed by atoms with van der Waals surface area (Å²) < 4.78 is 0. The second-order valence-electron chi connectivity index (χ2n) is 4.07. The van der Waals surface area contributed by atoms with Crippen molar-refractivity contribution in [2.24, 2.45) is 0 Å². The van der Waals surface area contributed by atoms with E-state index in [1.165, 1.54) is 0 Å². The van der Waals surface area contributed by atoms with Gasteiger partial charge in [0.15, 0.2) is 5.11 Å². The van der Waals surface area contributed by atoms with Crippen LogP contribution in [0.4, 0.5) is 5.69 Å². The summed E-state index contributed by atoms with van der Waals surface area (Å²) in [5.74, 6) is -0.0547. The summed E-state index contributed by atoms with van der Waals surface area (Å²) in [6.07, 6.45) is 2.36. The molecule has 0 radical (unpaired) electrons. The molecule has 0 heterocycles. The fraction of sp³-hybridized carbons (Fsp3) is 0.385. The van der Waals surface area contributed by atoms with Crippen LogP contribution in [0.15, 0.2) is 18.2 Å². The van der Waals surface area contributed by atoms with Crippen LogP contribution in [0, 0.1) is 6.92 Å². The van der Waals surface area contributed by atoms with Crippen molar-refractivity contribution in [1.82, 2.24) is 5.32 Å². The third kappa shape index (κ3) is 5.02. The summed E-state index contributed by atoms with van der Waals surface area (Å²) in [5, 5.41) is 6.64. The van der Waals surface area contributed by atoms with Gasteiger partial charge in [0.05, 0.1) is 0 Å². The zero-order valence-electron chi connectivity index (χ0n) is 10.5. The highest BCUT2D eigenvalue weighted by molar-refractivity contribution is 7.80. The molecule has 0 aliphatic heterocycles. The van der Waals surface area contributed by atoms with Crippen LogP contribution in [-0.2, 0) is 4.79 Å². The third-order valence-corrected chi connectivity index (χ3v) is 2.89. The van der Waals surface area contributed by atoms with Crippen molar-refractivity contribution < 1.29 is 4.79 Å². The van der Waals surface area contributed by atoms with Crippen LogP contribution in [0.25, 0.3) is 0 Å². The Morgan fingerprint density at radius 2 is 2.17 bits per heavy atom. The number of aryl methyl sites for hydroxylation is 1. The number of anilines is 1. The molecule has 0 aromatic heterocycles. The summed E-state index contributed by atoms with van der Waals surface area (Å²) in [5.41, 5.74) is 1.83. The largest absolute Gasteiger partial charge is 0.332 e. The Labute approximate surface area is 118 Å². The monoisotopic (exact) mass is 284 g/mol. The number of carbonyl (C=O) groups excluding carboxylic acids is 1. The molecule has 0 unspecified atom stereocenters. The number of carbonyl (C=O) groups is 1. The first-order chi connectivity index (χ1) is 8.52. The third-order valence-electron chi connectivity index (χ3n) is 2.45. The summed E-state index contributed by atoms with van der Waals surface area (Å²) in [6, 6.07) is 5.45. The number of amides is 1. The Kier molecular flexibility index (Phi) is 6.09. The maximum atomic E-state index is 11.5. The minimum atomic E-state index is -0.0547. The molecule has 1 aromatic carbocycles. The Balaban J connectivity index is 2.51. The van der Waals surface area contributed by atoms with E-state index in [4.69, 9.17) is 23.8 Å². The number of benzene rings is 1. The van der Waals surface area contributed by atoms with Gasteiger partial charge >= 0.3 is 0 Å². The van der Waals surface area contributed by atoms with Crippen molar-refractivity contribution in [3.8, 4) is 0 Å². The Bertz CT molecular complexity index is 449. The molecular weight excluding hydrogens is 268 g/mol. The average molecular weight is 285 g/mol. The highest BCUT2D eigenvalue weighted by Gasteiger charge is 2.05. The molecule has 18 heavy (non-hydrogen) atoms. The minimum absolute atomic E-state index is 0.0547. The first-order valence-corrected chi connectivity index (χ1v) is 6.68. The molecule has 0 aliphatic carbocycles. The number of rotatable bonds is 4. The molecule has 1 amide bonds. The molecule has 0 atom stereocenters. The molecule has 0 saturated heterocycles. The number of hydrogen-bond donors (Lipinski definition) is 2. The lowest BCUT2D eigenvalue weighted by molar-refractivity contribution is -0.119. The molecule has 0 saturated carbocycles. The van der Waals surface area contributed by atoms with Gasteiger partial charge in [-0.1, -0.05) is 24.9 Å². The molecule has 0 bridgehead atoms. The van der Waals surface area contributed by atoms with Crippen LogP contribution in [0.1, 0.15) is 31.7 Å². The molecular formula is C13H17ClN2OS. The number of unbranched alkanes of at least 4 members (excludes halogenated alkanes) is 1. The van der Waals surface area contributed by atoms with Crippen LogP contribution in [0.5, 0.6) is 0 Å². The lowest BCUT2D eigenvalue weighted by Crippen LogP contribution is -2.34. The Morgan fingerprint density at radius 1 is 1.44 bits per heavy atom. The zero-order valence-corrected chi connectivity index (χ0v) is 12.1.